The fourth-order valence-electron chi connectivity index (χ4n) is 4.37. The van der Waals surface area contributed by atoms with Crippen molar-refractivity contribution in [1.82, 2.24) is 9.47 Å². The number of carbonyl (C=O) groups is 1. The largest absolute Gasteiger partial charge is 0.489 e. The minimum Gasteiger partial charge on any atom is -0.489 e. The second-order valence-corrected chi connectivity index (χ2v) is 10.9. The minimum atomic E-state index is -0.0897. The number of pyridine rings is 1. The summed E-state index contributed by atoms with van der Waals surface area (Å²) in [6.07, 6.45) is 1.89. The van der Waals surface area contributed by atoms with Crippen LogP contribution in [0.15, 0.2) is 29.1 Å². The van der Waals surface area contributed by atoms with E-state index in [1.165, 1.54) is 11.3 Å². The van der Waals surface area contributed by atoms with E-state index < -0.39 is 0 Å². The first-order chi connectivity index (χ1) is 16.8. The van der Waals surface area contributed by atoms with E-state index in [9.17, 15) is 9.59 Å². The number of hydrogen-bond acceptors (Lipinski definition) is 5. The molecule has 0 fully saturated rings. The smallest absolute Gasteiger partial charge is 0.267 e. The molecule has 0 bridgehead atoms. The second-order valence-electron chi connectivity index (χ2n) is 9.84. The van der Waals surface area contributed by atoms with Gasteiger partial charge in [-0.2, -0.15) is 0 Å². The maximum atomic E-state index is 13.9. The normalized spacial score (nSPS) is 11.8. The monoisotopic (exact) mass is 500 g/mol. The van der Waals surface area contributed by atoms with E-state index in [4.69, 9.17) is 9.47 Å². The van der Waals surface area contributed by atoms with Crippen LogP contribution in [0.4, 0.5) is 0 Å². The fraction of sp³-hybridized carbons (Fsp3) is 0.571. The van der Waals surface area contributed by atoms with Crippen molar-refractivity contribution in [3.63, 3.8) is 0 Å². The van der Waals surface area contributed by atoms with Crippen LogP contribution in [0.5, 0.6) is 5.75 Å². The Hall–Kier alpha value is -2.38. The molecule has 35 heavy (non-hydrogen) atoms. The van der Waals surface area contributed by atoms with Crippen molar-refractivity contribution < 1.29 is 14.3 Å². The van der Waals surface area contributed by atoms with E-state index in [-0.39, 0.29) is 18.1 Å². The number of unbranched alkanes of at least 4 members (excludes halogenated alkanes) is 1. The number of thiophene rings is 1. The van der Waals surface area contributed by atoms with Crippen molar-refractivity contribution >= 4 is 38.2 Å². The van der Waals surface area contributed by atoms with Gasteiger partial charge in [0.25, 0.3) is 11.5 Å². The predicted molar refractivity (Wildman–Crippen MR) is 146 cm³/mol. The summed E-state index contributed by atoms with van der Waals surface area (Å²) in [4.78, 5) is 30.2. The Morgan fingerprint density at radius 2 is 1.74 bits per heavy atom. The van der Waals surface area contributed by atoms with E-state index in [0.29, 0.717) is 60.7 Å². The van der Waals surface area contributed by atoms with E-state index >= 15 is 0 Å². The molecule has 0 aliphatic carbocycles. The highest BCUT2D eigenvalue weighted by Gasteiger charge is 2.29. The van der Waals surface area contributed by atoms with Crippen molar-refractivity contribution in [1.29, 1.82) is 0 Å². The number of rotatable bonds is 13. The van der Waals surface area contributed by atoms with Gasteiger partial charge in [-0.15, -0.1) is 11.3 Å². The number of carbonyl (C=O) groups excluding carboxylic acids is 1. The molecule has 2 heterocycles. The van der Waals surface area contributed by atoms with Gasteiger partial charge >= 0.3 is 0 Å². The second kappa shape index (κ2) is 12.5. The lowest BCUT2D eigenvalue weighted by Crippen LogP contribution is -2.36. The molecule has 0 aliphatic rings. The Morgan fingerprint density at radius 3 is 2.37 bits per heavy atom. The number of aromatic nitrogens is 1. The van der Waals surface area contributed by atoms with Gasteiger partial charge in [-0.1, -0.05) is 59.2 Å². The molecule has 0 spiro atoms. The van der Waals surface area contributed by atoms with Crippen LogP contribution in [-0.2, 0) is 11.3 Å². The van der Waals surface area contributed by atoms with E-state index in [1.807, 2.05) is 40.7 Å². The third-order valence-electron chi connectivity index (χ3n) is 5.83. The fourth-order valence-corrected chi connectivity index (χ4v) is 5.61. The zero-order valence-electron chi connectivity index (χ0n) is 22.1. The summed E-state index contributed by atoms with van der Waals surface area (Å²) in [5.74, 6) is 1.01. The molecule has 3 rings (SSSR count). The first-order valence-corrected chi connectivity index (χ1v) is 13.7. The zero-order chi connectivity index (χ0) is 25.5. The molecule has 0 radical (unpaired) electrons. The number of benzene rings is 1. The van der Waals surface area contributed by atoms with Crippen molar-refractivity contribution in [2.24, 2.45) is 11.8 Å². The number of ether oxygens (including phenoxy) is 2. The number of fused-ring (bicyclic) bond motifs is 3. The molecule has 2 aromatic heterocycles. The van der Waals surface area contributed by atoms with E-state index in [0.717, 1.165) is 28.4 Å². The number of amides is 1. The van der Waals surface area contributed by atoms with Gasteiger partial charge in [0.05, 0.1) is 16.8 Å². The van der Waals surface area contributed by atoms with Gasteiger partial charge < -0.3 is 18.9 Å². The summed E-state index contributed by atoms with van der Waals surface area (Å²) in [5.41, 5.74) is 0.814. The number of aryl methyl sites for hydroxylation is 1. The first-order valence-electron chi connectivity index (χ1n) is 12.9. The summed E-state index contributed by atoms with van der Waals surface area (Å²) < 4.78 is 14.3. The van der Waals surface area contributed by atoms with Crippen molar-refractivity contribution in [2.75, 3.05) is 32.9 Å². The van der Waals surface area contributed by atoms with Crippen molar-refractivity contribution in [3.8, 4) is 5.75 Å². The summed E-state index contributed by atoms with van der Waals surface area (Å²) in [5, 5.41) is 1.50. The average Bonchev–Trinajstić information content (AvgIpc) is 3.20. The van der Waals surface area contributed by atoms with Gasteiger partial charge in [0.15, 0.2) is 5.75 Å². The molecule has 6 nitrogen and oxygen atoms in total. The lowest BCUT2D eigenvalue weighted by atomic mass is 10.1. The number of hydrogen-bond donors (Lipinski definition) is 0. The number of nitrogens with zero attached hydrogens (tertiary/aromatic N) is 2. The van der Waals surface area contributed by atoms with Gasteiger partial charge in [0.1, 0.15) is 16.9 Å². The summed E-state index contributed by atoms with van der Waals surface area (Å²) >= 11 is 1.38. The Balaban J connectivity index is 2.25. The molecule has 0 saturated heterocycles. The Kier molecular flexibility index (Phi) is 9.75. The van der Waals surface area contributed by atoms with Gasteiger partial charge in [0, 0.05) is 31.6 Å². The average molecular weight is 501 g/mol. The highest BCUT2D eigenvalue weighted by Crippen LogP contribution is 2.40. The molecule has 0 unspecified atom stereocenters. The third-order valence-corrected chi connectivity index (χ3v) is 7.02. The molecule has 0 saturated carbocycles. The van der Waals surface area contributed by atoms with E-state index in [2.05, 4.69) is 34.6 Å². The lowest BCUT2D eigenvalue weighted by Gasteiger charge is -2.26. The van der Waals surface area contributed by atoms with Gasteiger partial charge in [0.2, 0.25) is 0 Å². The van der Waals surface area contributed by atoms with Crippen LogP contribution in [0.1, 0.15) is 64.1 Å². The first kappa shape index (κ1) is 27.2. The molecule has 0 N–H and O–H groups in total. The highest BCUT2D eigenvalue weighted by atomic mass is 32.1. The Labute approximate surface area is 212 Å². The molecule has 0 aliphatic heterocycles. The zero-order valence-corrected chi connectivity index (χ0v) is 22.9. The quantitative estimate of drug-likeness (QED) is 0.263. The molecule has 3 aromatic rings. The standard InChI is InChI=1S/C28H40N2O4S/c1-7-9-14-30-22-13-11-10-12-21(22)25-23(27(30)31)24(34-16-15-33-8-2)26(35-25)28(32)29(17-19(3)4)18-20(5)6/h10-13,19-20H,7-9,14-18H2,1-6H3. The molecular formula is C28H40N2O4S. The summed E-state index contributed by atoms with van der Waals surface area (Å²) in [6.45, 7) is 15.7. The number of para-hydroxylation sites is 1. The van der Waals surface area contributed by atoms with Gasteiger partial charge in [-0.3, -0.25) is 9.59 Å². The highest BCUT2D eigenvalue weighted by molar-refractivity contribution is 7.22. The van der Waals surface area contributed by atoms with Gasteiger partial charge in [-0.25, -0.2) is 0 Å². The summed E-state index contributed by atoms with van der Waals surface area (Å²) in [7, 11) is 0. The molecule has 192 valence electrons. The van der Waals surface area contributed by atoms with Crippen LogP contribution in [-0.4, -0.2) is 48.3 Å². The maximum Gasteiger partial charge on any atom is 0.267 e. The summed E-state index contributed by atoms with van der Waals surface area (Å²) in [6, 6.07) is 7.97. The molecule has 0 atom stereocenters. The Morgan fingerprint density at radius 1 is 1.06 bits per heavy atom. The predicted octanol–water partition coefficient (Wildman–Crippen LogP) is 6.19. The van der Waals surface area contributed by atoms with Crippen LogP contribution in [0, 0.1) is 11.8 Å². The van der Waals surface area contributed by atoms with Crippen LogP contribution in [0.3, 0.4) is 0 Å². The van der Waals surface area contributed by atoms with Gasteiger partial charge in [-0.05, 0) is 31.2 Å². The van der Waals surface area contributed by atoms with E-state index in [1.54, 1.807) is 0 Å². The molecule has 1 aromatic carbocycles. The lowest BCUT2D eigenvalue weighted by molar-refractivity contribution is 0.0711. The minimum absolute atomic E-state index is 0.0661. The van der Waals surface area contributed by atoms with Crippen LogP contribution >= 0.6 is 11.3 Å². The van der Waals surface area contributed by atoms with Crippen molar-refractivity contribution in [3.05, 3.63) is 39.5 Å². The molecule has 7 heteroatoms. The third kappa shape index (κ3) is 6.25. The van der Waals surface area contributed by atoms with Crippen LogP contribution in [0.25, 0.3) is 21.0 Å². The Bertz CT molecular complexity index is 1190. The van der Waals surface area contributed by atoms with Crippen LogP contribution in [0.2, 0.25) is 0 Å². The topological polar surface area (TPSA) is 60.8 Å². The maximum absolute atomic E-state index is 13.9. The SMILES string of the molecule is CCCCn1c(=O)c2c(OCCOCC)c(C(=O)N(CC(C)C)CC(C)C)sc2c2ccccc21. The molecule has 1 amide bonds. The van der Waals surface area contributed by atoms with Crippen LogP contribution < -0.4 is 10.3 Å². The molecular weight excluding hydrogens is 460 g/mol. The van der Waals surface area contributed by atoms with Crippen molar-refractivity contribution in [2.45, 2.75) is 60.9 Å².